The van der Waals surface area contributed by atoms with Crippen LogP contribution in [0.3, 0.4) is 0 Å². The molecule has 4 unspecified atom stereocenters. The highest BCUT2D eigenvalue weighted by atomic mass is 19.1. The third kappa shape index (κ3) is 5.02. The van der Waals surface area contributed by atoms with Gasteiger partial charge in [-0.25, -0.2) is 4.39 Å². The lowest BCUT2D eigenvalue weighted by Gasteiger charge is -2.29. The van der Waals surface area contributed by atoms with Crippen LogP contribution in [-0.4, -0.2) is 36.5 Å². The van der Waals surface area contributed by atoms with Crippen molar-refractivity contribution in [3.63, 3.8) is 0 Å². The summed E-state index contributed by atoms with van der Waals surface area (Å²) in [6, 6.07) is 7.41. The molecule has 1 heterocycles. The van der Waals surface area contributed by atoms with Gasteiger partial charge < -0.3 is 10.6 Å². The van der Waals surface area contributed by atoms with Crippen LogP contribution in [0.5, 0.6) is 0 Å². The van der Waals surface area contributed by atoms with Crippen LogP contribution in [-0.2, 0) is 4.79 Å². The molecule has 0 bridgehead atoms. The van der Waals surface area contributed by atoms with Crippen molar-refractivity contribution < 1.29 is 9.18 Å². The van der Waals surface area contributed by atoms with E-state index in [1.54, 1.807) is 12.1 Å². The Morgan fingerprint density at radius 1 is 1.31 bits per heavy atom. The van der Waals surface area contributed by atoms with Gasteiger partial charge in [-0.3, -0.25) is 15.6 Å². The number of halogens is 1. The summed E-state index contributed by atoms with van der Waals surface area (Å²) < 4.78 is 13.4. The molecule has 2 aliphatic rings. The summed E-state index contributed by atoms with van der Waals surface area (Å²) in [5.41, 5.74) is 13.5. The molecule has 0 spiro atoms. The second-order valence-corrected chi connectivity index (χ2v) is 7.85. The van der Waals surface area contributed by atoms with E-state index < -0.39 is 0 Å². The summed E-state index contributed by atoms with van der Waals surface area (Å²) in [5.74, 6) is 0.151. The molecule has 1 saturated heterocycles. The Bertz CT molecular complexity index is 611. The van der Waals surface area contributed by atoms with Gasteiger partial charge in [0.15, 0.2) is 0 Å². The maximum Gasteiger partial charge on any atom is 0.225 e. The highest BCUT2D eigenvalue weighted by Crippen LogP contribution is 2.26. The molecule has 1 aromatic rings. The fourth-order valence-corrected chi connectivity index (χ4v) is 4.20. The predicted octanol–water partition coefficient (Wildman–Crippen LogP) is 2.49. The minimum atomic E-state index is -0.199. The lowest BCUT2D eigenvalue weighted by Crippen LogP contribution is -2.39. The van der Waals surface area contributed by atoms with Crippen molar-refractivity contribution in [3.8, 4) is 0 Å². The van der Waals surface area contributed by atoms with Gasteiger partial charge in [-0.2, -0.15) is 0 Å². The van der Waals surface area contributed by atoms with E-state index in [-0.39, 0.29) is 29.7 Å². The molecule has 0 aromatic heterocycles. The Morgan fingerprint density at radius 3 is 2.92 bits per heavy atom. The Kier molecular flexibility index (Phi) is 6.62. The summed E-state index contributed by atoms with van der Waals surface area (Å²) in [6.07, 6.45) is 6.77. The summed E-state index contributed by atoms with van der Waals surface area (Å²) >= 11 is 0. The number of carbonyl (C=O) groups is 1. The van der Waals surface area contributed by atoms with Gasteiger partial charge in [0.1, 0.15) is 5.82 Å². The standard InChI is InChI=1S/C20H31FN4O/c1-25(20(26)15-6-3-8-17(22)12-15)10-4-9-18-13-19(24-23-18)14-5-2-7-16(21)11-14/h2,5,7,11,15,17-19,23-24H,3-4,6,8-10,12-13,22H2,1H3. The van der Waals surface area contributed by atoms with Crippen molar-refractivity contribution in [1.29, 1.82) is 0 Å². The van der Waals surface area contributed by atoms with Gasteiger partial charge in [0, 0.05) is 37.6 Å². The first-order valence-corrected chi connectivity index (χ1v) is 9.80. The molecule has 5 nitrogen and oxygen atoms in total. The number of hydrazine groups is 1. The molecule has 4 N–H and O–H groups in total. The van der Waals surface area contributed by atoms with Crippen LogP contribution >= 0.6 is 0 Å². The van der Waals surface area contributed by atoms with Crippen LogP contribution < -0.4 is 16.6 Å². The monoisotopic (exact) mass is 362 g/mol. The summed E-state index contributed by atoms with van der Waals surface area (Å²) in [4.78, 5) is 14.4. The number of amides is 1. The van der Waals surface area contributed by atoms with Gasteiger partial charge >= 0.3 is 0 Å². The van der Waals surface area contributed by atoms with Gasteiger partial charge in [-0.05, 0) is 56.2 Å². The Morgan fingerprint density at radius 2 is 2.15 bits per heavy atom. The van der Waals surface area contributed by atoms with Crippen molar-refractivity contribution in [2.45, 2.75) is 63.1 Å². The van der Waals surface area contributed by atoms with E-state index in [4.69, 9.17) is 5.73 Å². The van der Waals surface area contributed by atoms with Gasteiger partial charge in [0.25, 0.3) is 0 Å². The fraction of sp³-hybridized carbons (Fsp3) is 0.650. The molecular weight excluding hydrogens is 331 g/mol. The van der Waals surface area contributed by atoms with E-state index in [1.807, 2.05) is 18.0 Å². The zero-order chi connectivity index (χ0) is 18.5. The van der Waals surface area contributed by atoms with Crippen molar-refractivity contribution in [3.05, 3.63) is 35.6 Å². The Hall–Kier alpha value is -1.50. The van der Waals surface area contributed by atoms with Crippen LogP contribution in [0, 0.1) is 11.7 Å². The molecule has 26 heavy (non-hydrogen) atoms. The van der Waals surface area contributed by atoms with Crippen molar-refractivity contribution in [2.75, 3.05) is 13.6 Å². The third-order valence-electron chi connectivity index (χ3n) is 5.72. The number of benzene rings is 1. The minimum Gasteiger partial charge on any atom is -0.346 e. The normalized spacial score (nSPS) is 28.9. The number of nitrogens with two attached hydrogens (primary N) is 1. The minimum absolute atomic E-state index is 0.104. The Balaban J connectivity index is 1.39. The molecule has 2 fully saturated rings. The van der Waals surface area contributed by atoms with Crippen molar-refractivity contribution >= 4 is 5.91 Å². The molecule has 3 rings (SSSR count). The number of rotatable bonds is 6. The fourth-order valence-electron chi connectivity index (χ4n) is 4.20. The first-order valence-electron chi connectivity index (χ1n) is 9.80. The van der Waals surface area contributed by atoms with Crippen molar-refractivity contribution in [1.82, 2.24) is 15.8 Å². The van der Waals surface area contributed by atoms with Gasteiger partial charge in [-0.1, -0.05) is 18.6 Å². The smallest absolute Gasteiger partial charge is 0.225 e. The molecule has 1 saturated carbocycles. The number of carbonyl (C=O) groups excluding carboxylic acids is 1. The average molecular weight is 362 g/mol. The first kappa shape index (κ1) is 19.3. The number of nitrogens with zero attached hydrogens (tertiary/aromatic N) is 1. The first-order chi connectivity index (χ1) is 12.5. The predicted molar refractivity (Wildman–Crippen MR) is 101 cm³/mol. The molecule has 1 aliphatic heterocycles. The van der Waals surface area contributed by atoms with E-state index >= 15 is 0 Å². The largest absolute Gasteiger partial charge is 0.346 e. The SMILES string of the molecule is CN(CCCC1CC(c2cccc(F)c2)NN1)C(=O)C1CCCC(N)C1. The molecule has 6 heteroatoms. The van der Waals surface area contributed by atoms with Crippen LogP contribution in [0.15, 0.2) is 24.3 Å². The van der Waals surface area contributed by atoms with Gasteiger partial charge in [0.2, 0.25) is 5.91 Å². The molecule has 4 atom stereocenters. The molecule has 1 aromatic carbocycles. The zero-order valence-electron chi connectivity index (χ0n) is 15.6. The van der Waals surface area contributed by atoms with Crippen LogP contribution in [0.1, 0.15) is 56.6 Å². The van der Waals surface area contributed by atoms with E-state index in [1.165, 1.54) is 6.07 Å². The van der Waals surface area contributed by atoms with E-state index in [9.17, 15) is 9.18 Å². The lowest BCUT2D eigenvalue weighted by atomic mass is 9.85. The van der Waals surface area contributed by atoms with Crippen LogP contribution in [0.2, 0.25) is 0 Å². The topological polar surface area (TPSA) is 70.4 Å². The highest BCUT2D eigenvalue weighted by Gasteiger charge is 2.28. The van der Waals surface area contributed by atoms with Crippen molar-refractivity contribution in [2.24, 2.45) is 11.7 Å². The van der Waals surface area contributed by atoms with E-state index in [0.29, 0.717) is 6.04 Å². The number of nitrogens with one attached hydrogen (secondary N) is 2. The summed E-state index contributed by atoms with van der Waals surface area (Å²) in [5, 5.41) is 0. The van der Waals surface area contributed by atoms with Crippen LogP contribution in [0.4, 0.5) is 4.39 Å². The summed E-state index contributed by atoms with van der Waals surface area (Å²) in [6.45, 7) is 0.771. The number of hydrogen-bond donors (Lipinski definition) is 3. The number of hydrogen-bond acceptors (Lipinski definition) is 4. The molecular formula is C20H31FN4O. The molecule has 1 amide bonds. The zero-order valence-corrected chi connectivity index (χ0v) is 15.6. The van der Waals surface area contributed by atoms with E-state index in [2.05, 4.69) is 10.9 Å². The van der Waals surface area contributed by atoms with Gasteiger partial charge in [0.05, 0.1) is 0 Å². The molecule has 1 aliphatic carbocycles. The molecule has 144 valence electrons. The highest BCUT2D eigenvalue weighted by molar-refractivity contribution is 5.78. The van der Waals surface area contributed by atoms with Crippen LogP contribution in [0.25, 0.3) is 0 Å². The summed E-state index contributed by atoms with van der Waals surface area (Å²) in [7, 11) is 1.90. The van der Waals surface area contributed by atoms with Gasteiger partial charge in [-0.15, -0.1) is 0 Å². The quantitative estimate of drug-likeness (QED) is 0.727. The molecule has 0 radical (unpaired) electrons. The second kappa shape index (κ2) is 8.93. The maximum atomic E-state index is 13.4. The maximum absolute atomic E-state index is 13.4. The Labute approximate surface area is 155 Å². The lowest BCUT2D eigenvalue weighted by molar-refractivity contribution is -0.135. The average Bonchev–Trinajstić information content (AvgIpc) is 3.10. The third-order valence-corrected chi connectivity index (χ3v) is 5.72. The second-order valence-electron chi connectivity index (χ2n) is 7.85. The van der Waals surface area contributed by atoms with E-state index in [0.717, 1.165) is 57.1 Å².